The van der Waals surface area contributed by atoms with Crippen molar-refractivity contribution in [1.82, 2.24) is 4.90 Å². The van der Waals surface area contributed by atoms with Gasteiger partial charge in [0.1, 0.15) is 0 Å². The van der Waals surface area contributed by atoms with Crippen molar-refractivity contribution in [2.24, 2.45) is 0 Å². The minimum Gasteiger partial charge on any atom is -0.385 e. The number of ether oxygens (including phenoxy) is 1. The van der Waals surface area contributed by atoms with Crippen LogP contribution in [-0.2, 0) is 4.74 Å². The van der Waals surface area contributed by atoms with Gasteiger partial charge in [-0.15, -0.1) is 0 Å². The molecule has 3 heteroatoms. The van der Waals surface area contributed by atoms with Crippen LogP contribution in [0.1, 0.15) is 39.0 Å². The molecular weight excluding hydrogens is 254 g/mol. The monoisotopic (exact) mass is 275 g/mol. The van der Waals surface area contributed by atoms with Crippen LogP contribution in [0.5, 0.6) is 0 Å². The molecule has 0 N–H and O–H groups in total. The van der Waals surface area contributed by atoms with E-state index in [1.807, 2.05) is 0 Å². The van der Waals surface area contributed by atoms with Crippen molar-refractivity contribution in [2.45, 2.75) is 62.0 Å². The molecule has 2 nitrogen and oxygen atoms in total. The molecule has 2 bridgehead atoms. The standard InChI is InChI=1S/C12H22BrNO/c1-9(5-6-15-2)14-11-3-4-12(14)8-10(13)7-11/h9-12H,3-8H2,1-2H3. The smallest absolute Gasteiger partial charge is 0.0477 e. The first kappa shape index (κ1) is 11.9. The summed E-state index contributed by atoms with van der Waals surface area (Å²) in [7, 11) is 1.80. The molecule has 3 atom stereocenters. The molecule has 0 amide bonds. The Morgan fingerprint density at radius 3 is 2.47 bits per heavy atom. The highest BCUT2D eigenvalue weighted by Gasteiger charge is 2.41. The number of halogens is 1. The van der Waals surface area contributed by atoms with E-state index in [9.17, 15) is 0 Å². The summed E-state index contributed by atoms with van der Waals surface area (Å²) in [5.74, 6) is 0. The Hall–Kier alpha value is 0.400. The number of fused-ring (bicyclic) bond motifs is 2. The molecule has 2 rings (SSSR count). The summed E-state index contributed by atoms with van der Waals surface area (Å²) in [6.45, 7) is 3.26. The summed E-state index contributed by atoms with van der Waals surface area (Å²) in [6, 6.07) is 2.36. The topological polar surface area (TPSA) is 12.5 Å². The molecule has 15 heavy (non-hydrogen) atoms. The lowest BCUT2D eigenvalue weighted by Gasteiger charge is -2.41. The van der Waals surface area contributed by atoms with Crippen LogP contribution in [0.3, 0.4) is 0 Å². The molecule has 2 heterocycles. The molecule has 2 fully saturated rings. The van der Waals surface area contributed by atoms with Crippen LogP contribution in [0.2, 0.25) is 0 Å². The minimum atomic E-state index is 0.697. The van der Waals surface area contributed by atoms with Gasteiger partial charge in [-0.25, -0.2) is 0 Å². The average molecular weight is 276 g/mol. The van der Waals surface area contributed by atoms with Gasteiger partial charge in [-0.05, 0) is 39.0 Å². The highest BCUT2D eigenvalue weighted by Crippen LogP contribution is 2.40. The van der Waals surface area contributed by atoms with Crippen LogP contribution < -0.4 is 0 Å². The molecular formula is C12H22BrNO. The Bertz CT molecular complexity index is 198. The maximum absolute atomic E-state index is 5.18. The van der Waals surface area contributed by atoms with Crippen LogP contribution >= 0.6 is 15.9 Å². The van der Waals surface area contributed by atoms with Gasteiger partial charge < -0.3 is 4.74 Å². The number of rotatable bonds is 4. The van der Waals surface area contributed by atoms with Gasteiger partial charge >= 0.3 is 0 Å². The van der Waals surface area contributed by atoms with Gasteiger partial charge in [0.15, 0.2) is 0 Å². The second kappa shape index (κ2) is 5.15. The fourth-order valence-corrected chi connectivity index (χ4v) is 4.17. The van der Waals surface area contributed by atoms with Gasteiger partial charge in [0, 0.05) is 36.7 Å². The third-order valence-corrected chi connectivity index (χ3v) is 4.73. The molecule has 0 aromatic heterocycles. The lowest BCUT2D eigenvalue weighted by atomic mass is 9.99. The molecule has 2 aliphatic heterocycles. The maximum Gasteiger partial charge on any atom is 0.0477 e. The number of methoxy groups -OCH3 is 1. The molecule has 0 aliphatic carbocycles. The first-order valence-electron chi connectivity index (χ1n) is 6.12. The van der Waals surface area contributed by atoms with E-state index in [1.54, 1.807) is 7.11 Å². The molecule has 3 unspecified atom stereocenters. The van der Waals surface area contributed by atoms with Gasteiger partial charge in [0.05, 0.1) is 0 Å². The van der Waals surface area contributed by atoms with Crippen LogP contribution in [0.25, 0.3) is 0 Å². The Labute approximate surface area is 101 Å². The Morgan fingerprint density at radius 1 is 1.33 bits per heavy atom. The van der Waals surface area contributed by atoms with E-state index in [0.717, 1.165) is 23.5 Å². The molecule has 0 radical (unpaired) electrons. The Balaban J connectivity index is 1.92. The van der Waals surface area contributed by atoms with Gasteiger partial charge in [0.25, 0.3) is 0 Å². The fraction of sp³-hybridized carbons (Fsp3) is 1.00. The van der Waals surface area contributed by atoms with Crippen LogP contribution in [0, 0.1) is 0 Å². The first-order chi connectivity index (χ1) is 7.22. The van der Waals surface area contributed by atoms with E-state index in [4.69, 9.17) is 4.74 Å². The highest BCUT2D eigenvalue weighted by molar-refractivity contribution is 9.09. The number of hydrogen-bond donors (Lipinski definition) is 0. The lowest BCUT2D eigenvalue weighted by Crippen LogP contribution is -2.48. The normalized spacial score (nSPS) is 38.2. The maximum atomic E-state index is 5.18. The summed E-state index contributed by atoms with van der Waals surface area (Å²) < 4.78 is 5.18. The molecule has 0 aromatic carbocycles. The number of alkyl halides is 1. The molecule has 0 spiro atoms. The summed E-state index contributed by atoms with van der Waals surface area (Å²) in [6.07, 6.45) is 6.67. The van der Waals surface area contributed by atoms with E-state index in [-0.39, 0.29) is 0 Å². The SMILES string of the molecule is COCCC(C)N1C2CCC1CC(Br)C2. The van der Waals surface area contributed by atoms with Crippen molar-refractivity contribution in [2.75, 3.05) is 13.7 Å². The van der Waals surface area contributed by atoms with E-state index < -0.39 is 0 Å². The second-order valence-electron chi connectivity index (χ2n) is 5.03. The molecule has 2 saturated heterocycles. The summed E-state index contributed by atoms with van der Waals surface area (Å²) in [5, 5.41) is 0. The summed E-state index contributed by atoms with van der Waals surface area (Å²) in [4.78, 5) is 3.53. The Kier molecular flexibility index (Phi) is 4.08. The quantitative estimate of drug-likeness (QED) is 0.732. The van der Waals surface area contributed by atoms with E-state index in [2.05, 4.69) is 27.8 Å². The average Bonchev–Trinajstić information content (AvgIpc) is 2.48. The van der Waals surface area contributed by atoms with Gasteiger partial charge in [0.2, 0.25) is 0 Å². The van der Waals surface area contributed by atoms with Crippen molar-refractivity contribution in [1.29, 1.82) is 0 Å². The number of nitrogens with zero attached hydrogens (tertiary/aromatic N) is 1. The Morgan fingerprint density at radius 2 is 1.93 bits per heavy atom. The first-order valence-corrected chi connectivity index (χ1v) is 7.04. The zero-order chi connectivity index (χ0) is 10.8. The molecule has 88 valence electrons. The van der Waals surface area contributed by atoms with E-state index in [1.165, 1.54) is 32.1 Å². The van der Waals surface area contributed by atoms with Gasteiger partial charge in [-0.2, -0.15) is 0 Å². The van der Waals surface area contributed by atoms with Crippen molar-refractivity contribution < 1.29 is 4.74 Å². The zero-order valence-corrected chi connectivity index (χ0v) is 11.4. The molecule has 0 saturated carbocycles. The lowest BCUT2D eigenvalue weighted by molar-refractivity contribution is 0.0747. The summed E-state index contributed by atoms with van der Waals surface area (Å²) in [5.41, 5.74) is 0. The van der Waals surface area contributed by atoms with E-state index in [0.29, 0.717) is 6.04 Å². The van der Waals surface area contributed by atoms with Crippen molar-refractivity contribution in [3.8, 4) is 0 Å². The van der Waals surface area contributed by atoms with Crippen LogP contribution in [0.4, 0.5) is 0 Å². The second-order valence-corrected chi connectivity index (χ2v) is 6.33. The third kappa shape index (κ3) is 2.56. The highest BCUT2D eigenvalue weighted by atomic mass is 79.9. The third-order valence-electron chi connectivity index (χ3n) is 3.98. The molecule has 0 aromatic rings. The van der Waals surface area contributed by atoms with E-state index >= 15 is 0 Å². The number of hydrogen-bond acceptors (Lipinski definition) is 2. The van der Waals surface area contributed by atoms with Crippen molar-refractivity contribution in [3.63, 3.8) is 0 Å². The number of piperidine rings is 1. The van der Waals surface area contributed by atoms with Gasteiger partial charge in [-0.1, -0.05) is 15.9 Å². The van der Waals surface area contributed by atoms with Crippen molar-refractivity contribution in [3.05, 3.63) is 0 Å². The summed E-state index contributed by atoms with van der Waals surface area (Å²) >= 11 is 3.79. The minimum absolute atomic E-state index is 0.697. The van der Waals surface area contributed by atoms with Crippen molar-refractivity contribution >= 4 is 15.9 Å². The zero-order valence-electron chi connectivity index (χ0n) is 9.79. The molecule has 2 aliphatic rings. The fourth-order valence-electron chi connectivity index (χ4n) is 3.30. The predicted molar refractivity (Wildman–Crippen MR) is 66.6 cm³/mol. The van der Waals surface area contributed by atoms with Gasteiger partial charge in [-0.3, -0.25) is 4.90 Å². The predicted octanol–water partition coefficient (Wildman–Crippen LogP) is 2.80. The largest absolute Gasteiger partial charge is 0.385 e. The van der Waals surface area contributed by atoms with Crippen LogP contribution in [-0.4, -0.2) is 41.6 Å². The van der Waals surface area contributed by atoms with Crippen LogP contribution in [0.15, 0.2) is 0 Å².